The number of amides is 4. The van der Waals surface area contributed by atoms with Crippen LogP contribution in [0.3, 0.4) is 0 Å². The van der Waals surface area contributed by atoms with Crippen LogP contribution in [0, 0.1) is 0 Å². The third-order valence-corrected chi connectivity index (χ3v) is 9.78. The quantitative estimate of drug-likeness (QED) is 0.0821. The fraction of sp³-hybridized carbons (Fsp3) is 0.875. The Morgan fingerprint density at radius 2 is 0.911 bits per heavy atom. The van der Waals surface area contributed by atoms with Crippen LogP contribution in [0.15, 0.2) is 0 Å². The van der Waals surface area contributed by atoms with E-state index in [1.807, 2.05) is 0 Å². The minimum absolute atomic E-state index is 0.581. The molecule has 4 aliphatic rings. The zero-order valence-corrected chi connectivity index (χ0v) is 31.2. The molecule has 24 heteroatoms. The summed E-state index contributed by atoms with van der Waals surface area (Å²) in [4.78, 5) is 49.4. The van der Waals surface area contributed by atoms with Crippen molar-refractivity contribution in [1.29, 1.82) is 0 Å². The van der Waals surface area contributed by atoms with E-state index in [0.29, 0.717) is 0 Å². The van der Waals surface area contributed by atoms with Crippen LogP contribution in [0.4, 0.5) is 0 Å². The average Bonchev–Trinajstić information content (AvgIpc) is 3.12. The molecular formula is C32H54N4O20. The number of nitrogens with one attached hydrogen (secondary N) is 4. The van der Waals surface area contributed by atoms with E-state index in [9.17, 15) is 65.1 Å². The first kappa shape index (κ1) is 45.9. The highest BCUT2D eigenvalue weighted by atomic mass is 16.7. The number of aliphatic hydroxyl groups is 9. The highest BCUT2D eigenvalue weighted by Gasteiger charge is 2.56. The Kier molecular flexibility index (Phi) is 16.2. The highest BCUT2D eigenvalue weighted by Crippen LogP contribution is 2.34. The molecule has 4 aliphatic heterocycles. The van der Waals surface area contributed by atoms with Gasteiger partial charge in [0.2, 0.25) is 23.6 Å². The van der Waals surface area contributed by atoms with E-state index in [2.05, 4.69) is 21.3 Å². The number of carbonyl (C=O) groups is 4. The van der Waals surface area contributed by atoms with E-state index >= 15 is 0 Å². The third-order valence-electron chi connectivity index (χ3n) is 9.78. The molecule has 0 aromatic carbocycles. The zero-order valence-electron chi connectivity index (χ0n) is 31.2. The Bertz CT molecular complexity index is 1350. The van der Waals surface area contributed by atoms with Gasteiger partial charge in [0.1, 0.15) is 85.3 Å². The van der Waals surface area contributed by atoms with E-state index in [-0.39, 0.29) is 0 Å². The van der Waals surface area contributed by atoms with Crippen LogP contribution in [0.2, 0.25) is 0 Å². The second-order valence-corrected chi connectivity index (χ2v) is 14.1. The molecule has 0 saturated carbocycles. The summed E-state index contributed by atoms with van der Waals surface area (Å²) in [6.45, 7) is 3.50. The standard InChI is InChI=1S/C32H54N4O20/c1-9-17(33-10(2)40)27(55-32-25(48)24(47)21(44)14(6-37)52-32)20(36-13(5)43)31(50-9)54-26-16(8-39)53-30(18(23(26)46)34-11(3)41)56-28-19(35-12(4)42)29(49)51-15(7-38)22(28)45/h9,14-32,37-39,44-49H,6-8H2,1-5H3,(H,33,40)(H,34,41)(H,35,42)(H,36,43)/t9-,14-,15-,16-,17+,18-,19-,20-,21-,22+,23-,24+,25-,26+,27+,28-,29?,30-,31-,32+/m1/s1. The summed E-state index contributed by atoms with van der Waals surface area (Å²) in [6.07, 6.45) is -26.1. The summed E-state index contributed by atoms with van der Waals surface area (Å²) in [5.41, 5.74) is 0. The van der Waals surface area contributed by atoms with E-state index in [1.165, 1.54) is 13.8 Å². The largest absolute Gasteiger partial charge is 0.394 e. The van der Waals surface area contributed by atoms with Gasteiger partial charge in [0.05, 0.1) is 32.0 Å². The second kappa shape index (κ2) is 19.8. The van der Waals surface area contributed by atoms with Gasteiger partial charge in [-0.3, -0.25) is 19.2 Å². The predicted molar refractivity (Wildman–Crippen MR) is 179 cm³/mol. The molecule has 1 unspecified atom stereocenters. The Balaban J connectivity index is 1.68. The van der Waals surface area contributed by atoms with Gasteiger partial charge in [0.25, 0.3) is 0 Å². The monoisotopic (exact) mass is 814 g/mol. The molecule has 4 heterocycles. The second-order valence-electron chi connectivity index (χ2n) is 14.1. The minimum Gasteiger partial charge on any atom is -0.394 e. The van der Waals surface area contributed by atoms with E-state index in [1.54, 1.807) is 0 Å². The summed E-state index contributed by atoms with van der Waals surface area (Å²) in [5.74, 6) is -2.67. The Hall–Kier alpha value is -2.76. The van der Waals surface area contributed by atoms with E-state index in [4.69, 9.17) is 33.2 Å². The molecule has 4 amide bonds. The smallest absolute Gasteiger partial charge is 0.217 e. The third kappa shape index (κ3) is 10.5. The maximum Gasteiger partial charge on any atom is 0.217 e. The topological polar surface area (TPSA) is 363 Å². The summed E-state index contributed by atoms with van der Waals surface area (Å²) in [7, 11) is 0. The molecule has 4 rings (SSSR count). The Labute approximate surface area is 320 Å². The molecule has 20 atom stereocenters. The first-order valence-corrected chi connectivity index (χ1v) is 17.9. The minimum atomic E-state index is -1.91. The maximum absolute atomic E-state index is 12.6. The van der Waals surface area contributed by atoms with Crippen molar-refractivity contribution in [3.05, 3.63) is 0 Å². The van der Waals surface area contributed by atoms with Gasteiger partial charge in [0, 0.05) is 27.7 Å². The van der Waals surface area contributed by atoms with Crippen LogP contribution in [0.25, 0.3) is 0 Å². The lowest BCUT2D eigenvalue weighted by atomic mass is 9.92. The fourth-order valence-electron chi connectivity index (χ4n) is 7.15. The number of ether oxygens (including phenoxy) is 7. The first-order chi connectivity index (χ1) is 26.3. The molecule has 24 nitrogen and oxygen atoms in total. The van der Waals surface area contributed by atoms with Gasteiger partial charge >= 0.3 is 0 Å². The SMILES string of the molecule is CC(=O)N[C@@H]1[C@H](O[C@@H]2O[C@H](CO)[C@@H](O)[C@H](O)[C@H]2O)[C@@H](NC(C)=O)[C@@H](O[C@@H]2[C@H](O)[C@@H](NC(C)=O)[C@@H](O[C@H]3[C@@H](O)[C@@H](CO)OC(O)[C@@H]3NC(C)=O)O[C@@H]2CO)O[C@@H]1C. The fourth-order valence-corrected chi connectivity index (χ4v) is 7.15. The van der Waals surface area contributed by atoms with E-state index in [0.717, 1.165) is 20.8 Å². The molecule has 0 aromatic heterocycles. The van der Waals surface area contributed by atoms with Crippen molar-refractivity contribution in [3.8, 4) is 0 Å². The molecule has 0 bridgehead atoms. The molecule has 322 valence electrons. The molecule has 0 radical (unpaired) electrons. The van der Waals surface area contributed by atoms with Crippen molar-refractivity contribution in [2.45, 2.75) is 157 Å². The summed E-state index contributed by atoms with van der Waals surface area (Å²) < 4.78 is 41.0. The molecule has 4 saturated heterocycles. The van der Waals surface area contributed by atoms with Crippen molar-refractivity contribution in [1.82, 2.24) is 21.3 Å². The van der Waals surface area contributed by atoms with Gasteiger partial charge in [-0.2, -0.15) is 0 Å². The Morgan fingerprint density at radius 3 is 1.46 bits per heavy atom. The average molecular weight is 815 g/mol. The van der Waals surface area contributed by atoms with E-state index < -0.39 is 166 Å². The lowest BCUT2D eigenvalue weighted by Gasteiger charge is -2.51. The van der Waals surface area contributed by atoms with Gasteiger partial charge in [-0.05, 0) is 6.92 Å². The van der Waals surface area contributed by atoms with Crippen LogP contribution in [0.1, 0.15) is 34.6 Å². The number of carbonyl (C=O) groups excluding carboxylic acids is 4. The number of rotatable bonds is 13. The summed E-state index contributed by atoms with van der Waals surface area (Å²) in [5, 5.41) is 105. The normalized spacial score (nSPS) is 44.3. The zero-order chi connectivity index (χ0) is 41.8. The number of aliphatic hydroxyl groups excluding tert-OH is 9. The molecule has 0 aromatic rings. The van der Waals surface area contributed by atoms with Crippen LogP contribution in [-0.4, -0.2) is 212 Å². The van der Waals surface area contributed by atoms with Crippen molar-refractivity contribution in [2.75, 3.05) is 19.8 Å². The lowest BCUT2D eigenvalue weighted by molar-refractivity contribution is -0.355. The van der Waals surface area contributed by atoms with Crippen LogP contribution in [-0.2, 0) is 52.3 Å². The highest BCUT2D eigenvalue weighted by molar-refractivity contribution is 5.75. The first-order valence-electron chi connectivity index (χ1n) is 17.9. The summed E-state index contributed by atoms with van der Waals surface area (Å²) >= 11 is 0. The van der Waals surface area contributed by atoms with Crippen molar-refractivity contribution < 1.29 is 98.3 Å². The number of hydrogen-bond donors (Lipinski definition) is 13. The lowest BCUT2D eigenvalue weighted by Crippen LogP contribution is -2.72. The molecule has 0 spiro atoms. The van der Waals surface area contributed by atoms with Crippen LogP contribution >= 0.6 is 0 Å². The Morgan fingerprint density at radius 1 is 0.464 bits per heavy atom. The molecule has 13 N–H and O–H groups in total. The maximum atomic E-state index is 12.6. The van der Waals surface area contributed by atoms with Crippen molar-refractivity contribution in [3.63, 3.8) is 0 Å². The van der Waals surface area contributed by atoms with Gasteiger partial charge in [-0.15, -0.1) is 0 Å². The predicted octanol–water partition coefficient (Wildman–Crippen LogP) is -8.15. The van der Waals surface area contributed by atoms with Gasteiger partial charge < -0.3 is 100 Å². The molecule has 0 aliphatic carbocycles. The molecular weight excluding hydrogens is 760 g/mol. The van der Waals surface area contributed by atoms with Crippen molar-refractivity contribution in [2.24, 2.45) is 0 Å². The van der Waals surface area contributed by atoms with Crippen LogP contribution < -0.4 is 21.3 Å². The van der Waals surface area contributed by atoms with Crippen molar-refractivity contribution >= 4 is 23.6 Å². The molecule has 4 fully saturated rings. The van der Waals surface area contributed by atoms with Gasteiger partial charge in [-0.1, -0.05) is 0 Å². The van der Waals surface area contributed by atoms with Gasteiger partial charge in [-0.25, -0.2) is 0 Å². The van der Waals surface area contributed by atoms with Gasteiger partial charge in [0.15, 0.2) is 25.2 Å². The van der Waals surface area contributed by atoms with Crippen LogP contribution in [0.5, 0.6) is 0 Å². The number of hydrogen-bond acceptors (Lipinski definition) is 20. The summed E-state index contributed by atoms with van der Waals surface area (Å²) in [6, 6.07) is -5.63. The molecule has 56 heavy (non-hydrogen) atoms.